The Morgan fingerprint density at radius 1 is 0.742 bits per heavy atom. The first-order valence-electron chi connectivity index (χ1n) is 11.0. The Kier molecular flexibility index (Phi) is 6.04. The SMILES string of the molecule is Clc1cccc(Cl)c1C1CCN(Cc2cn(Cc3ccccc3)c3ccccc23)CC1. The average molecular weight is 449 g/mol. The molecular weight excluding hydrogens is 423 g/mol. The highest BCUT2D eigenvalue weighted by atomic mass is 35.5. The van der Waals surface area contributed by atoms with E-state index >= 15 is 0 Å². The van der Waals surface area contributed by atoms with Gasteiger partial charge in [-0.15, -0.1) is 0 Å². The van der Waals surface area contributed by atoms with Crippen molar-refractivity contribution in [1.82, 2.24) is 9.47 Å². The molecule has 0 N–H and O–H groups in total. The van der Waals surface area contributed by atoms with Gasteiger partial charge in [-0.3, -0.25) is 4.90 Å². The van der Waals surface area contributed by atoms with Gasteiger partial charge >= 0.3 is 0 Å². The fourth-order valence-electron chi connectivity index (χ4n) is 4.88. The normalized spacial score (nSPS) is 15.5. The van der Waals surface area contributed by atoms with Crippen molar-refractivity contribution in [3.8, 4) is 0 Å². The number of aromatic nitrogens is 1. The number of hydrogen-bond donors (Lipinski definition) is 0. The van der Waals surface area contributed by atoms with E-state index in [9.17, 15) is 0 Å². The van der Waals surface area contributed by atoms with Crippen LogP contribution in [0, 0.1) is 0 Å². The first-order chi connectivity index (χ1) is 15.2. The summed E-state index contributed by atoms with van der Waals surface area (Å²) in [6.45, 7) is 3.99. The van der Waals surface area contributed by atoms with Gasteiger partial charge in [-0.25, -0.2) is 0 Å². The summed E-state index contributed by atoms with van der Waals surface area (Å²) < 4.78 is 2.39. The topological polar surface area (TPSA) is 8.17 Å². The average Bonchev–Trinajstić information content (AvgIpc) is 3.13. The largest absolute Gasteiger partial charge is 0.343 e. The first kappa shape index (κ1) is 20.6. The minimum atomic E-state index is 0.442. The van der Waals surface area contributed by atoms with Crippen LogP contribution in [0.3, 0.4) is 0 Å². The molecule has 0 amide bonds. The van der Waals surface area contributed by atoms with E-state index < -0.39 is 0 Å². The van der Waals surface area contributed by atoms with E-state index in [1.54, 1.807) is 0 Å². The molecule has 5 rings (SSSR count). The number of likely N-dealkylation sites (tertiary alicyclic amines) is 1. The minimum Gasteiger partial charge on any atom is -0.343 e. The first-order valence-corrected chi connectivity index (χ1v) is 11.7. The van der Waals surface area contributed by atoms with Crippen LogP contribution in [0.15, 0.2) is 79.0 Å². The van der Waals surface area contributed by atoms with Crippen LogP contribution in [0.25, 0.3) is 10.9 Å². The predicted molar refractivity (Wildman–Crippen MR) is 131 cm³/mol. The maximum absolute atomic E-state index is 6.46. The zero-order valence-electron chi connectivity index (χ0n) is 17.5. The molecule has 1 fully saturated rings. The Balaban J connectivity index is 1.32. The van der Waals surface area contributed by atoms with Crippen molar-refractivity contribution in [2.24, 2.45) is 0 Å². The fourth-order valence-corrected chi connectivity index (χ4v) is 5.59. The van der Waals surface area contributed by atoms with E-state index in [-0.39, 0.29) is 0 Å². The van der Waals surface area contributed by atoms with Crippen molar-refractivity contribution in [2.75, 3.05) is 13.1 Å². The minimum absolute atomic E-state index is 0.442. The third-order valence-electron chi connectivity index (χ3n) is 6.46. The van der Waals surface area contributed by atoms with E-state index in [1.807, 2.05) is 18.2 Å². The van der Waals surface area contributed by atoms with Gasteiger partial charge in [-0.1, -0.05) is 77.8 Å². The molecule has 158 valence electrons. The lowest BCUT2D eigenvalue weighted by Gasteiger charge is -2.32. The lowest BCUT2D eigenvalue weighted by molar-refractivity contribution is 0.205. The van der Waals surface area contributed by atoms with Crippen LogP contribution in [0.1, 0.15) is 35.4 Å². The molecule has 1 saturated heterocycles. The number of piperidine rings is 1. The summed E-state index contributed by atoms with van der Waals surface area (Å²) in [5.74, 6) is 0.442. The number of halogens is 2. The predicted octanol–water partition coefficient (Wildman–Crippen LogP) is 7.38. The number of rotatable bonds is 5. The van der Waals surface area contributed by atoms with E-state index in [0.717, 1.165) is 54.6 Å². The molecule has 0 bridgehead atoms. The second-order valence-corrected chi connectivity index (χ2v) is 9.29. The third kappa shape index (κ3) is 4.39. The second-order valence-electron chi connectivity index (χ2n) is 8.47. The van der Waals surface area contributed by atoms with E-state index in [1.165, 1.54) is 22.0 Å². The number of hydrogen-bond acceptors (Lipinski definition) is 1. The molecule has 31 heavy (non-hydrogen) atoms. The second kappa shape index (κ2) is 9.08. The molecule has 0 saturated carbocycles. The van der Waals surface area contributed by atoms with Gasteiger partial charge in [0.2, 0.25) is 0 Å². The number of fused-ring (bicyclic) bond motifs is 1. The summed E-state index contributed by atoms with van der Waals surface area (Å²) in [6.07, 6.45) is 4.52. The molecule has 0 atom stereocenters. The lowest BCUT2D eigenvalue weighted by atomic mass is 9.89. The Hall–Kier alpha value is -2.26. The molecule has 4 aromatic rings. The molecule has 1 aliphatic heterocycles. The molecular formula is C27H26Cl2N2. The molecule has 1 aliphatic rings. The van der Waals surface area contributed by atoms with Crippen molar-refractivity contribution in [2.45, 2.75) is 31.8 Å². The molecule has 2 nitrogen and oxygen atoms in total. The van der Waals surface area contributed by atoms with Gasteiger partial charge in [-0.2, -0.15) is 0 Å². The molecule has 3 aromatic carbocycles. The highest BCUT2D eigenvalue weighted by Crippen LogP contribution is 2.38. The van der Waals surface area contributed by atoms with Crippen LogP contribution in [0.4, 0.5) is 0 Å². The Labute approximate surface area is 194 Å². The van der Waals surface area contributed by atoms with Gasteiger partial charge in [-0.05, 0) is 66.7 Å². The van der Waals surface area contributed by atoms with Gasteiger partial charge in [0.1, 0.15) is 0 Å². The summed E-state index contributed by atoms with van der Waals surface area (Å²) in [5, 5.41) is 2.96. The summed E-state index contributed by atoms with van der Waals surface area (Å²) >= 11 is 12.9. The molecule has 0 unspecified atom stereocenters. The van der Waals surface area contributed by atoms with Gasteiger partial charge in [0.15, 0.2) is 0 Å². The van der Waals surface area contributed by atoms with Crippen LogP contribution in [-0.2, 0) is 13.1 Å². The van der Waals surface area contributed by atoms with Crippen molar-refractivity contribution in [3.63, 3.8) is 0 Å². The summed E-state index contributed by atoms with van der Waals surface area (Å²) in [7, 11) is 0. The highest BCUT2D eigenvalue weighted by Gasteiger charge is 2.24. The maximum Gasteiger partial charge on any atom is 0.0486 e. The van der Waals surface area contributed by atoms with Crippen LogP contribution in [0.2, 0.25) is 10.0 Å². The smallest absolute Gasteiger partial charge is 0.0486 e. The van der Waals surface area contributed by atoms with Crippen LogP contribution >= 0.6 is 23.2 Å². The van der Waals surface area contributed by atoms with E-state index in [4.69, 9.17) is 23.2 Å². The molecule has 0 aliphatic carbocycles. The molecule has 4 heteroatoms. The molecule has 2 heterocycles. The fraction of sp³-hybridized carbons (Fsp3) is 0.259. The monoisotopic (exact) mass is 448 g/mol. The lowest BCUT2D eigenvalue weighted by Crippen LogP contribution is -2.32. The summed E-state index contributed by atoms with van der Waals surface area (Å²) in [5.41, 5.74) is 5.16. The van der Waals surface area contributed by atoms with Crippen molar-refractivity contribution in [1.29, 1.82) is 0 Å². The zero-order valence-corrected chi connectivity index (χ0v) is 19.0. The maximum atomic E-state index is 6.46. The van der Waals surface area contributed by atoms with Gasteiger partial charge in [0, 0.05) is 40.2 Å². The molecule has 0 spiro atoms. The van der Waals surface area contributed by atoms with Crippen LogP contribution < -0.4 is 0 Å². The highest BCUT2D eigenvalue weighted by molar-refractivity contribution is 6.36. The van der Waals surface area contributed by atoms with Crippen molar-refractivity contribution < 1.29 is 0 Å². The van der Waals surface area contributed by atoms with Gasteiger partial charge in [0.25, 0.3) is 0 Å². The van der Waals surface area contributed by atoms with Gasteiger partial charge in [0.05, 0.1) is 0 Å². The van der Waals surface area contributed by atoms with Crippen molar-refractivity contribution in [3.05, 3.63) is 106 Å². The van der Waals surface area contributed by atoms with E-state index in [2.05, 4.69) is 70.3 Å². The molecule has 1 aromatic heterocycles. The van der Waals surface area contributed by atoms with Crippen LogP contribution in [-0.4, -0.2) is 22.6 Å². The quantitative estimate of drug-likeness (QED) is 0.309. The standard InChI is InChI=1S/C27H26Cl2N2/c28-24-10-6-11-25(29)27(24)21-13-15-30(16-14-21)18-22-19-31(17-20-7-2-1-3-8-20)26-12-5-4-9-23(22)26/h1-12,19,21H,13-18H2. The third-order valence-corrected chi connectivity index (χ3v) is 7.12. The number of nitrogens with zero attached hydrogens (tertiary/aromatic N) is 2. The van der Waals surface area contributed by atoms with Crippen LogP contribution in [0.5, 0.6) is 0 Å². The number of para-hydroxylation sites is 1. The Morgan fingerprint density at radius 3 is 2.16 bits per heavy atom. The zero-order chi connectivity index (χ0) is 21.2. The number of benzene rings is 3. The summed E-state index contributed by atoms with van der Waals surface area (Å²) in [6, 6.07) is 25.3. The van der Waals surface area contributed by atoms with E-state index in [0.29, 0.717) is 5.92 Å². The summed E-state index contributed by atoms with van der Waals surface area (Å²) in [4.78, 5) is 2.57. The van der Waals surface area contributed by atoms with Crippen molar-refractivity contribution >= 4 is 34.1 Å². The molecule has 0 radical (unpaired) electrons. The van der Waals surface area contributed by atoms with Gasteiger partial charge < -0.3 is 4.57 Å². The Morgan fingerprint density at radius 2 is 1.42 bits per heavy atom. The Bertz CT molecular complexity index is 1150.